The number of pyridine rings is 1. The number of fused-ring (bicyclic) bond motifs is 1. The van der Waals surface area contributed by atoms with Crippen LogP contribution >= 0.6 is 11.3 Å². The summed E-state index contributed by atoms with van der Waals surface area (Å²) < 4.78 is 35.0. The number of halogens is 2. The van der Waals surface area contributed by atoms with Gasteiger partial charge in [0, 0.05) is 28.1 Å². The topological polar surface area (TPSA) is 104 Å². The van der Waals surface area contributed by atoms with Gasteiger partial charge in [0.25, 0.3) is 0 Å². The van der Waals surface area contributed by atoms with Gasteiger partial charge in [-0.05, 0) is 59.1 Å². The van der Waals surface area contributed by atoms with Crippen LogP contribution in [-0.4, -0.2) is 45.4 Å². The molecule has 1 unspecified atom stereocenters. The van der Waals surface area contributed by atoms with Gasteiger partial charge in [0.2, 0.25) is 5.82 Å². The lowest BCUT2D eigenvalue weighted by Crippen LogP contribution is -2.18. The zero-order valence-corrected chi connectivity index (χ0v) is 18.8. The number of aromatic nitrogens is 5. The molecule has 3 aromatic heterocycles. The zero-order chi connectivity index (χ0) is 23.1. The van der Waals surface area contributed by atoms with Crippen molar-refractivity contribution in [3.8, 4) is 33.3 Å². The smallest absolute Gasteiger partial charge is 0.202 e. The van der Waals surface area contributed by atoms with Gasteiger partial charge in [-0.25, -0.2) is 9.37 Å². The minimum Gasteiger partial charge on any atom is -0.494 e. The van der Waals surface area contributed by atoms with Gasteiger partial charge in [-0.2, -0.15) is 9.07 Å². The first-order valence-electron chi connectivity index (χ1n) is 10.4. The van der Waals surface area contributed by atoms with Gasteiger partial charge in [0.1, 0.15) is 11.5 Å². The molecule has 4 aromatic rings. The summed E-state index contributed by atoms with van der Waals surface area (Å²) in [6.07, 6.45) is 2.68. The second kappa shape index (κ2) is 8.49. The summed E-state index contributed by atoms with van der Waals surface area (Å²) in [6, 6.07) is 6.68. The van der Waals surface area contributed by atoms with Gasteiger partial charge in [0.15, 0.2) is 17.4 Å². The van der Waals surface area contributed by atoms with Crippen LogP contribution in [0, 0.1) is 11.6 Å². The molecule has 4 heterocycles. The largest absolute Gasteiger partial charge is 0.494 e. The van der Waals surface area contributed by atoms with E-state index < -0.39 is 11.6 Å². The summed E-state index contributed by atoms with van der Waals surface area (Å²) in [6.45, 7) is 4.09. The van der Waals surface area contributed by atoms with E-state index in [-0.39, 0.29) is 23.1 Å². The van der Waals surface area contributed by atoms with E-state index in [4.69, 9.17) is 10.5 Å². The van der Waals surface area contributed by atoms with Gasteiger partial charge >= 0.3 is 0 Å². The van der Waals surface area contributed by atoms with E-state index in [0.29, 0.717) is 11.5 Å². The Labute approximate surface area is 192 Å². The molecule has 0 saturated carbocycles. The number of thiophene rings is 1. The van der Waals surface area contributed by atoms with Crippen molar-refractivity contribution in [3.05, 3.63) is 52.5 Å². The predicted octanol–water partition coefficient (Wildman–Crippen LogP) is 3.57. The van der Waals surface area contributed by atoms with Crippen LogP contribution < -0.4 is 15.8 Å². The Hall–Kier alpha value is -3.44. The molecule has 0 spiro atoms. The van der Waals surface area contributed by atoms with Crippen molar-refractivity contribution >= 4 is 17.2 Å². The second-order valence-corrected chi connectivity index (χ2v) is 8.97. The molecule has 1 atom stereocenters. The molecule has 8 nitrogen and oxygen atoms in total. The molecule has 170 valence electrons. The van der Waals surface area contributed by atoms with Crippen LogP contribution in [0.3, 0.4) is 0 Å². The van der Waals surface area contributed by atoms with Crippen LogP contribution in [0.25, 0.3) is 27.5 Å². The van der Waals surface area contributed by atoms with Crippen LogP contribution in [0.4, 0.5) is 14.6 Å². The molecule has 0 fully saturated rings. The quantitative estimate of drug-likeness (QED) is 0.471. The van der Waals surface area contributed by atoms with Crippen molar-refractivity contribution in [1.82, 2.24) is 30.5 Å². The molecule has 0 saturated heterocycles. The number of nitrogens with two attached hydrogens (primary N) is 1. The third kappa shape index (κ3) is 3.72. The molecular formula is C22H21F2N7OS. The van der Waals surface area contributed by atoms with Crippen molar-refractivity contribution in [2.45, 2.75) is 19.3 Å². The van der Waals surface area contributed by atoms with Gasteiger partial charge in [-0.3, -0.25) is 0 Å². The molecule has 0 aliphatic carbocycles. The molecule has 5 rings (SSSR count). The maximum Gasteiger partial charge on any atom is 0.202 e. The third-order valence-corrected chi connectivity index (χ3v) is 7.00. The maximum absolute atomic E-state index is 14.7. The number of benzene rings is 1. The molecular weight excluding hydrogens is 448 g/mol. The van der Waals surface area contributed by atoms with Gasteiger partial charge in [-0.1, -0.05) is 6.92 Å². The fourth-order valence-corrected chi connectivity index (χ4v) is 5.24. The van der Waals surface area contributed by atoms with Crippen molar-refractivity contribution in [2.24, 2.45) is 0 Å². The summed E-state index contributed by atoms with van der Waals surface area (Å²) in [5.74, 6) is -1.72. The van der Waals surface area contributed by atoms with Gasteiger partial charge in [0.05, 0.1) is 12.7 Å². The first-order chi connectivity index (χ1) is 16.0. The van der Waals surface area contributed by atoms with E-state index in [0.717, 1.165) is 34.6 Å². The molecule has 1 aromatic carbocycles. The Morgan fingerprint density at radius 1 is 1.24 bits per heavy atom. The van der Waals surface area contributed by atoms with Crippen molar-refractivity contribution < 1.29 is 13.5 Å². The highest BCUT2D eigenvalue weighted by molar-refractivity contribution is 7.15. The van der Waals surface area contributed by atoms with E-state index in [1.54, 1.807) is 17.5 Å². The van der Waals surface area contributed by atoms with Crippen molar-refractivity contribution in [1.29, 1.82) is 0 Å². The number of nitrogens with one attached hydrogen (secondary N) is 1. The Kier molecular flexibility index (Phi) is 5.51. The van der Waals surface area contributed by atoms with E-state index in [1.165, 1.54) is 29.7 Å². The number of rotatable bonds is 4. The molecule has 11 heteroatoms. The lowest BCUT2D eigenvalue weighted by atomic mass is 10.0. The molecule has 0 amide bonds. The number of nitrogens with zero attached hydrogens (tertiary/aromatic N) is 5. The fourth-order valence-electron chi connectivity index (χ4n) is 3.98. The molecule has 3 N–H and O–H groups in total. The van der Waals surface area contributed by atoms with Crippen molar-refractivity contribution in [2.75, 3.05) is 25.9 Å². The average Bonchev–Trinajstić information content (AvgIpc) is 3.43. The van der Waals surface area contributed by atoms with Crippen LogP contribution in [0.2, 0.25) is 0 Å². The van der Waals surface area contributed by atoms with Crippen LogP contribution in [0.5, 0.6) is 5.75 Å². The number of methoxy groups -OCH3 is 1. The lowest BCUT2D eigenvalue weighted by molar-refractivity contribution is 0.371. The van der Waals surface area contributed by atoms with E-state index in [2.05, 4.69) is 38.8 Å². The second-order valence-electron chi connectivity index (χ2n) is 7.83. The van der Waals surface area contributed by atoms with Crippen LogP contribution in [0.15, 0.2) is 30.5 Å². The summed E-state index contributed by atoms with van der Waals surface area (Å²) in [7, 11) is 1.26. The number of hydrogen-bond donors (Lipinski definition) is 2. The first kappa shape index (κ1) is 21.4. The Morgan fingerprint density at radius 3 is 2.91 bits per heavy atom. The first-order valence-corrected chi connectivity index (χ1v) is 11.2. The van der Waals surface area contributed by atoms with E-state index >= 15 is 0 Å². The zero-order valence-electron chi connectivity index (χ0n) is 18.0. The number of tetrazole rings is 1. The SMILES string of the molecule is COc1ccc(-n2nnnc2-c2cc(-c3cc4c(s3)CCNCC4C)cnc2N)c(F)c1F. The molecule has 1 aliphatic heterocycles. The number of anilines is 1. The lowest BCUT2D eigenvalue weighted by Gasteiger charge is -2.10. The van der Waals surface area contributed by atoms with Crippen LogP contribution in [0.1, 0.15) is 23.3 Å². The van der Waals surface area contributed by atoms with Gasteiger partial charge < -0.3 is 15.8 Å². The Bertz CT molecular complexity index is 1340. The molecule has 0 radical (unpaired) electrons. The summed E-state index contributed by atoms with van der Waals surface area (Å²) in [4.78, 5) is 6.74. The highest BCUT2D eigenvalue weighted by Gasteiger charge is 2.23. The third-order valence-electron chi connectivity index (χ3n) is 5.74. The van der Waals surface area contributed by atoms with Crippen molar-refractivity contribution in [3.63, 3.8) is 0 Å². The standard InChI is InChI=1S/C22H21F2N7OS/c1-11-9-26-6-5-17-13(11)8-18(33-17)12-7-14(21(25)27-10-12)22-28-29-30-31(22)15-3-4-16(32-2)20(24)19(15)23/h3-4,7-8,10-11,26H,5-6,9H2,1-2H3,(H2,25,27). The predicted molar refractivity (Wildman–Crippen MR) is 122 cm³/mol. The number of hydrogen-bond acceptors (Lipinski definition) is 8. The maximum atomic E-state index is 14.7. The normalized spacial score (nSPS) is 15.8. The fraction of sp³-hybridized carbons (Fsp3) is 0.273. The highest BCUT2D eigenvalue weighted by Crippen LogP contribution is 2.38. The number of ether oxygens (including phenoxy) is 1. The molecule has 33 heavy (non-hydrogen) atoms. The summed E-state index contributed by atoms with van der Waals surface area (Å²) >= 11 is 1.72. The minimum absolute atomic E-state index is 0.154. The minimum atomic E-state index is -1.13. The highest BCUT2D eigenvalue weighted by atomic mass is 32.1. The van der Waals surface area contributed by atoms with Gasteiger partial charge in [-0.15, -0.1) is 16.4 Å². The Balaban J connectivity index is 1.59. The van der Waals surface area contributed by atoms with Crippen LogP contribution in [-0.2, 0) is 6.42 Å². The molecule has 0 bridgehead atoms. The van der Waals surface area contributed by atoms with E-state index in [1.807, 2.05) is 6.07 Å². The Morgan fingerprint density at radius 2 is 2.09 bits per heavy atom. The summed E-state index contributed by atoms with van der Waals surface area (Å²) in [5.41, 5.74) is 8.59. The average molecular weight is 470 g/mol. The van der Waals surface area contributed by atoms with E-state index in [9.17, 15) is 8.78 Å². The molecule has 1 aliphatic rings. The monoisotopic (exact) mass is 469 g/mol. The number of nitrogen functional groups attached to an aromatic ring is 1. The summed E-state index contributed by atoms with van der Waals surface area (Å²) in [5, 5.41) is 15.0.